The Bertz CT molecular complexity index is 784. The molecule has 4 heteroatoms. The number of aliphatic carboxylic acids is 1. The fraction of sp³-hybridized carbons (Fsp3) is 0.800. The van der Waals surface area contributed by atoms with E-state index in [-0.39, 0.29) is 17.3 Å². The van der Waals surface area contributed by atoms with Gasteiger partial charge in [-0.1, -0.05) is 19.9 Å². The summed E-state index contributed by atoms with van der Waals surface area (Å²) in [4.78, 5) is 11.2. The number of carboxylic acid groups (broad SMARTS) is 1. The lowest BCUT2D eigenvalue weighted by Gasteiger charge is -2.59. The summed E-state index contributed by atoms with van der Waals surface area (Å²) in [6, 6.07) is 0. The Hall–Kier alpha value is -1.29. The van der Waals surface area contributed by atoms with Crippen LogP contribution in [0.4, 0.5) is 0 Å². The number of allylic oxidation sites excluding steroid dienone is 4. The van der Waals surface area contributed by atoms with Gasteiger partial charge in [-0.15, -0.1) is 0 Å². The predicted octanol–water partition coefficient (Wildman–Crippen LogP) is 4.93. The number of hydrogen-bond acceptors (Lipinski definition) is 3. The van der Waals surface area contributed by atoms with Gasteiger partial charge >= 0.3 is 5.97 Å². The summed E-state index contributed by atoms with van der Waals surface area (Å²) in [6.45, 7) is 7.55. The molecule has 29 heavy (non-hydrogen) atoms. The number of carbonyl (C=O) groups is 1. The first kappa shape index (κ1) is 19.7. The molecule has 160 valence electrons. The first-order valence-corrected chi connectivity index (χ1v) is 11.7. The van der Waals surface area contributed by atoms with Crippen LogP contribution in [0, 0.1) is 40.4 Å². The molecule has 0 radical (unpaired) electrons. The van der Waals surface area contributed by atoms with E-state index in [9.17, 15) is 15.0 Å². The van der Waals surface area contributed by atoms with Crippen LogP contribution in [0.1, 0.15) is 72.1 Å². The molecular weight excluding hydrogens is 364 g/mol. The van der Waals surface area contributed by atoms with Crippen LogP contribution in [0.15, 0.2) is 23.5 Å². The van der Waals surface area contributed by atoms with Crippen LogP contribution < -0.4 is 0 Å². The summed E-state index contributed by atoms with van der Waals surface area (Å²) in [5.74, 6) is 3.11. The monoisotopic (exact) mass is 400 g/mol. The molecule has 0 aromatic carbocycles. The third-order valence-electron chi connectivity index (χ3n) is 9.94. The van der Waals surface area contributed by atoms with E-state index < -0.39 is 11.6 Å². The zero-order chi connectivity index (χ0) is 20.6. The van der Waals surface area contributed by atoms with Gasteiger partial charge < -0.3 is 14.9 Å². The summed E-state index contributed by atoms with van der Waals surface area (Å²) in [7, 11) is 0. The van der Waals surface area contributed by atoms with E-state index in [0.29, 0.717) is 36.0 Å². The lowest BCUT2D eigenvalue weighted by atomic mass is 9.46. The Morgan fingerprint density at radius 2 is 2.03 bits per heavy atom. The molecule has 0 heterocycles. The van der Waals surface area contributed by atoms with Crippen LogP contribution >= 0.6 is 0 Å². The summed E-state index contributed by atoms with van der Waals surface area (Å²) in [6.07, 6.45) is 11.9. The zero-order valence-electron chi connectivity index (χ0n) is 18.1. The molecule has 0 aromatic heterocycles. The largest absolute Gasteiger partial charge is 0.498 e. The lowest BCUT2D eigenvalue weighted by Crippen LogP contribution is -2.56. The van der Waals surface area contributed by atoms with Gasteiger partial charge in [-0.2, -0.15) is 0 Å². The molecule has 3 saturated carbocycles. The van der Waals surface area contributed by atoms with Crippen LogP contribution in [-0.4, -0.2) is 28.4 Å². The van der Waals surface area contributed by atoms with Crippen molar-refractivity contribution in [2.24, 2.45) is 40.4 Å². The van der Waals surface area contributed by atoms with E-state index in [1.54, 1.807) is 0 Å². The highest BCUT2D eigenvalue weighted by Gasteiger charge is 2.75. The van der Waals surface area contributed by atoms with Crippen LogP contribution in [0.25, 0.3) is 0 Å². The Labute approximate surface area is 174 Å². The summed E-state index contributed by atoms with van der Waals surface area (Å²) in [5, 5.41) is 21.0. The average molecular weight is 401 g/mol. The Kier molecular flexibility index (Phi) is 4.31. The van der Waals surface area contributed by atoms with E-state index in [1.807, 2.05) is 0 Å². The molecule has 0 aromatic rings. The number of aliphatic hydroxyl groups is 1. The molecule has 2 N–H and O–H groups in total. The van der Waals surface area contributed by atoms with E-state index in [0.717, 1.165) is 50.9 Å². The fourth-order valence-electron chi connectivity index (χ4n) is 8.50. The minimum absolute atomic E-state index is 0.0862. The van der Waals surface area contributed by atoms with Crippen molar-refractivity contribution < 1.29 is 19.7 Å². The number of hydrogen-bond donors (Lipinski definition) is 2. The Morgan fingerprint density at radius 1 is 1.24 bits per heavy atom. The quantitative estimate of drug-likeness (QED) is 0.687. The molecule has 8 atom stereocenters. The van der Waals surface area contributed by atoms with E-state index in [2.05, 4.69) is 32.9 Å². The van der Waals surface area contributed by atoms with Gasteiger partial charge in [0.25, 0.3) is 0 Å². The third kappa shape index (κ3) is 2.57. The molecule has 5 rings (SSSR count). The van der Waals surface area contributed by atoms with Crippen LogP contribution in [0.5, 0.6) is 0 Å². The molecule has 0 aliphatic heterocycles. The van der Waals surface area contributed by atoms with Crippen LogP contribution in [-0.2, 0) is 9.53 Å². The van der Waals surface area contributed by atoms with Gasteiger partial charge in [0.05, 0.1) is 18.0 Å². The third-order valence-corrected chi connectivity index (χ3v) is 9.94. The summed E-state index contributed by atoms with van der Waals surface area (Å²) in [5.41, 5.74) is 0.783. The molecule has 5 aliphatic rings. The maximum absolute atomic E-state index is 11.8. The molecular formula is C25H36O4. The average Bonchev–Trinajstić information content (AvgIpc) is 3.43. The highest BCUT2D eigenvalue weighted by atomic mass is 16.5. The van der Waals surface area contributed by atoms with Crippen molar-refractivity contribution in [3.63, 3.8) is 0 Å². The van der Waals surface area contributed by atoms with Gasteiger partial charge in [-0.05, 0) is 97.5 Å². The van der Waals surface area contributed by atoms with Gasteiger partial charge in [0.1, 0.15) is 0 Å². The molecule has 4 nitrogen and oxygen atoms in total. The molecule has 0 saturated heterocycles. The number of ether oxygens (including phenoxy) is 1. The molecule has 0 spiro atoms. The smallest absolute Gasteiger partial charge is 0.303 e. The van der Waals surface area contributed by atoms with Gasteiger partial charge in [-0.3, -0.25) is 4.79 Å². The highest BCUT2D eigenvalue weighted by Crippen LogP contribution is 2.77. The number of fused-ring (bicyclic) bond motifs is 7. The molecule has 3 fully saturated rings. The second-order valence-corrected chi connectivity index (χ2v) is 10.9. The maximum atomic E-state index is 11.8. The standard InChI is InChI=1S/C25H36O4/c1-4-29-16-7-10-23(2)15(13-16)5-6-17-19(23)8-11-24(3)22(17)18-14-20(18)25(24,28)12-9-21(26)27/h5,13,17-20,22,28H,4,6-12,14H2,1-3H3,(H,26,27)/t17-,18-,19+,20+,22-,23+,24+,25+/m1/s1. The SMILES string of the molecule is CCOC1=CC2=CC[C@H]3[C@@H]4[C@@H]5C[C@@H]5[C@@](O)(CCC(=O)O)[C@@]4(C)CC[C@@H]3[C@@]2(C)CC1. The molecule has 0 amide bonds. The first-order chi connectivity index (χ1) is 13.7. The summed E-state index contributed by atoms with van der Waals surface area (Å²) < 4.78 is 5.83. The maximum Gasteiger partial charge on any atom is 0.303 e. The van der Waals surface area contributed by atoms with Crippen LogP contribution in [0.3, 0.4) is 0 Å². The second-order valence-electron chi connectivity index (χ2n) is 10.9. The second kappa shape index (κ2) is 6.35. The van der Waals surface area contributed by atoms with Crippen molar-refractivity contribution >= 4 is 5.97 Å². The topological polar surface area (TPSA) is 66.8 Å². The van der Waals surface area contributed by atoms with E-state index in [1.165, 1.54) is 5.57 Å². The molecule has 0 bridgehead atoms. The van der Waals surface area contributed by atoms with Crippen molar-refractivity contribution in [2.45, 2.75) is 77.7 Å². The first-order valence-electron chi connectivity index (χ1n) is 11.7. The number of rotatable bonds is 5. The normalized spacial score (nSPS) is 49.7. The minimum atomic E-state index is -0.787. The van der Waals surface area contributed by atoms with Gasteiger partial charge in [0.15, 0.2) is 0 Å². The van der Waals surface area contributed by atoms with Crippen molar-refractivity contribution in [1.29, 1.82) is 0 Å². The fourth-order valence-corrected chi connectivity index (χ4v) is 8.50. The Morgan fingerprint density at radius 3 is 2.76 bits per heavy atom. The van der Waals surface area contributed by atoms with Crippen molar-refractivity contribution in [3.05, 3.63) is 23.5 Å². The van der Waals surface area contributed by atoms with Gasteiger partial charge in [0.2, 0.25) is 0 Å². The van der Waals surface area contributed by atoms with E-state index >= 15 is 0 Å². The van der Waals surface area contributed by atoms with Crippen LogP contribution in [0.2, 0.25) is 0 Å². The molecule has 0 unspecified atom stereocenters. The minimum Gasteiger partial charge on any atom is -0.498 e. The Balaban J connectivity index is 1.46. The summed E-state index contributed by atoms with van der Waals surface area (Å²) >= 11 is 0. The predicted molar refractivity (Wildman–Crippen MR) is 111 cm³/mol. The molecule has 5 aliphatic carbocycles. The zero-order valence-corrected chi connectivity index (χ0v) is 18.1. The van der Waals surface area contributed by atoms with Crippen molar-refractivity contribution in [2.75, 3.05) is 6.61 Å². The van der Waals surface area contributed by atoms with Crippen molar-refractivity contribution in [3.8, 4) is 0 Å². The van der Waals surface area contributed by atoms with Gasteiger partial charge in [0, 0.05) is 12.8 Å². The lowest BCUT2D eigenvalue weighted by molar-refractivity contribution is -0.155. The van der Waals surface area contributed by atoms with Crippen molar-refractivity contribution in [1.82, 2.24) is 0 Å². The highest BCUT2D eigenvalue weighted by molar-refractivity contribution is 5.66. The van der Waals surface area contributed by atoms with E-state index in [4.69, 9.17) is 4.74 Å². The number of carboxylic acids is 1. The van der Waals surface area contributed by atoms with Gasteiger partial charge in [-0.25, -0.2) is 0 Å².